The highest BCUT2D eigenvalue weighted by atomic mass is 16.4. The van der Waals surface area contributed by atoms with E-state index in [1.54, 1.807) is 0 Å². The van der Waals surface area contributed by atoms with Crippen LogP contribution < -0.4 is 5.32 Å². The van der Waals surface area contributed by atoms with Crippen LogP contribution in [0.3, 0.4) is 0 Å². The van der Waals surface area contributed by atoms with Crippen molar-refractivity contribution in [2.45, 2.75) is 31.3 Å². The molecule has 158 valence electrons. The van der Waals surface area contributed by atoms with E-state index < -0.39 is 29.3 Å². The fourth-order valence-corrected chi connectivity index (χ4v) is 3.91. The second kappa shape index (κ2) is 9.09. The van der Waals surface area contributed by atoms with Gasteiger partial charge in [-0.3, -0.25) is 14.9 Å². The Morgan fingerprint density at radius 1 is 1.03 bits per heavy atom. The number of aliphatic carboxylic acids is 2. The predicted octanol–water partition coefficient (Wildman–Crippen LogP) is 1.95. The van der Waals surface area contributed by atoms with E-state index in [4.69, 9.17) is 0 Å². The van der Waals surface area contributed by atoms with E-state index in [-0.39, 0.29) is 19.5 Å². The van der Waals surface area contributed by atoms with Crippen LogP contribution in [0.1, 0.15) is 23.1 Å². The summed E-state index contributed by atoms with van der Waals surface area (Å²) in [5.41, 5.74) is 0.978. The Labute approximate surface area is 175 Å². The molecule has 3 rings (SSSR count). The third-order valence-electron chi connectivity index (χ3n) is 5.70. The van der Waals surface area contributed by atoms with Crippen LogP contribution in [0.15, 0.2) is 54.6 Å². The lowest BCUT2D eigenvalue weighted by Gasteiger charge is -2.37. The van der Waals surface area contributed by atoms with Crippen LogP contribution >= 0.6 is 0 Å². The number of aryl methyl sites for hydroxylation is 1. The number of carboxylic acid groups (broad SMARTS) is 2. The lowest BCUT2D eigenvalue weighted by Crippen LogP contribution is -2.65. The van der Waals surface area contributed by atoms with E-state index in [0.29, 0.717) is 12.8 Å². The van der Waals surface area contributed by atoms with Crippen LogP contribution in [-0.2, 0) is 33.8 Å². The molecule has 30 heavy (non-hydrogen) atoms. The molecular formula is C23H26N2O5. The summed E-state index contributed by atoms with van der Waals surface area (Å²) in [5.74, 6) is -3.68. The van der Waals surface area contributed by atoms with Gasteiger partial charge in [0.05, 0.1) is 5.92 Å². The number of fused-ring (bicyclic) bond motifs is 1. The van der Waals surface area contributed by atoms with Crippen molar-refractivity contribution in [1.29, 1.82) is 0 Å². The molecule has 7 nitrogen and oxygen atoms in total. The molecule has 0 aromatic heterocycles. The summed E-state index contributed by atoms with van der Waals surface area (Å²) < 4.78 is 0. The summed E-state index contributed by atoms with van der Waals surface area (Å²) in [6.45, 7) is 0.206. The number of nitrogens with zero attached hydrogens (tertiary/aromatic N) is 1. The normalized spacial score (nSPS) is 18.8. The Morgan fingerprint density at radius 2 is 1.67 bits per heavy atom. The zero-order chi connectivity index (χ0) is 21.7. The van der Waals surface area contributed by atoms with E-state index in [9.17, 15) is 24.6 Å². The van der Waals surface area contributed by atoms with E-state index in [1.165, 1.54) is 11.9 Å². The molecule has 1 heterocycles. The van der Waals surface area contributed by atoms with Crippen molar-refractivity contribution in [2.24, 2.45) is 5.92 Å². The largest absolute Gasteiger partial charge is 0.481 e. The Hall–Kier alpha value is -3.19. The van der Waals surface area contributed by atoms with Crippen LogP contribution in [0.25, 0.3) is 0 Å². The smallest absolute Gasteiger partial charge is 0.334 e. The first-order chi connectivity index (χ1) is 14.3. The van der Waals surface area contributed by atoms with Gasteiger partial charge in [-0.25, -0.2) is 4.79 Å². The molecule has 1 amide bonds. The number of carbonyl (C=O) groups is 3. The van der Waals surface area contributed by atoms with Crippen molar-refractivity contribution >= 4 is 17.8 Å². The summed E-state index contributed by atoms with van der Waals surface area (Å²) in [5, 5.41) is 22.4. The third kappa shape index (κ3) is 4.52. The van der Waals surface area contributed by atoms with Gasteiger partial charge < -0.3 is 15.1 Å². The highest BCUT2D eigenvalue weighted by molar-refractivity contribution is 6.07. The van der Waals surface area contributed by atoms with E-state index >= 15 is 0 Å². The summed E-state index contributed by atoms with van der Waals surface area (Å²) in [6.07, 6.45) is 0.937. The molecule has 1 aliphatic rings. The number of carboxylic acids is 2. The average molecular weight is 410 g/mol. The topological polar surface area (TPSA) is 107 Å². The lowest BCUT2D eigenvalue weighted by atomic mass is 9.83. The van der Waals surface area contributed by atoms with Gasteiger partial charge in [0.15, 0.2) is 0 Å². The molecular weight excluding hydrogens is 384 g/mol. The molecule has 0 saturated heterocycles. The molecule has 0 radical (unpaired) electrons. The highest BCUT2D eigenvalue weighted by Gasteiger charge is 2.50. The summed E-state index contributed by atoms with van der Waals surface area (Å²) in [6, 6.07) is 16.9. The van der Waals surface area contributed by atoms with Gasteiger partial charge in [0, 0.05) is 26.6 Å². The van der Waals surface area contributed by atoms with Crippen LogP contribution in [0.4, 0.5) is 0 Å². The van der Waals surface area contributed by atoms with Crippen molar-refractivity contribution in [3.8, 4) is 0 Å². The molecule has 0 fully saturated rings. The fraction of sp³-hybridized carbons (Fsp3) is 0.348. The molecule has 0 saturated carbocycles. The minimum Gasteiger partial charge on any atom is -0.481 e. The number of hydrogen-bond acceptors (Lipinski definition) is 4. The molecule has 2 aromatic rings. The molecule has 0 aliphatic carbocycles. The molecule has 7 heteroatoms. The van der Waals surface area contributed by atoms with Crippen molar-refractivity contribution in [2.75, 3.05) is 13.6 Å². The second-order valence-corrected chi connectivity index (χ2v) is 7.75. The average Bonchev–Trinajstić information content (AvgIpc) is 2.75. The number of hydrogen-bond donors (Lipinski definition) is 3. The maximum Gasteiger partial charge on any atom is 0.334 e. The molecule has 3 N–H and O–H groups in total. The van der Waals surface area contributed by atoms with Gasteiger partial charge in [0.2, 0.25) is 5.54 Å². The molecule has 1 aliphatic heterocycles. The molecule has 1 unspecified atom stereocenters. The van der Waals surface area contributed by atoms with Gasteiger partial charge in [0.25, 0.3) is 5.91 Å². The molecule has 2 atom stereocenters. The second-order valence-electron chi connectivity index (χ2n) is 7.75. The number of benzene rings is 2. The Kier molecular flexibility index (Phi) is 6.52. The zero-order valence-electron chi connectivity index (χ0n) is 16.9. The number of carbonyl (C=O) groups excluding carboxylic acids is 1. The monoisotopic (exact) mass is 410 g/mol. The Morgan fingerprint density at radius 3 is 2.30 bits per heavy atom. The highest BCUT2D eigenvalue weighted by Crippen LogP contribution is 2.26. The van der Waals surface area contributed by atoms with Gasteiger partial charge in [-0.2, -0.15) is 0 Å². The number of likely N-dealkylation sites (N-methyl/N-ethyl adjacent to an activating group) is 1. The van der Waals surface area contributed by atoms with Crippen LogP contribution in [-0.4, -0.2) is 52.1 Å². The zero-order valence-corrected chi connectivity index (χ0v) is 16.9. The fourth-order valence-electron chi connectivity index (χ4n) is 3.91. The van der Waals surface area contributed by atoms with Crippen molar-refractivity contribution in [3.63, 3.8) is 0 Å². The van der Waals surface area contributed by atoms with Crippen LogP contribution in [0.5, 0.6) is 0 Å². The van der Waals surface area contributed by atoms with Crippen molar-refractivity contribution in [3.05, 3.63) is 71.3 Å². The Balaban J connectivity index is 1.73. The van der Waals surface area contributed by atoms with E-state index in [2.05, 4.69) is 5.32 Å². The van der Waals surface area contributed by atoms with Crippen molar-refractivity contribution < 1.29 is 24.6 Å². The van der Waals surface area contributed by atoms with Gasteiger partial charge >= 0.3 is 11.9 Å². The first-order valence-electron chi connectivity index (χ1n) is 9.91. The number of rotatable bonds is 8. The van der Waals surface area contributed by atoms with Crippen LogP contribution in [0, 0.1) is 5.92 Å². The van der Waals surface area contributed by atoms with Gasteiger partial charge in [-0.1, -0.05) is 54.6 Å². The Bertz CT molecular complexity index is 930. The van der Waals surface area contributed by atoms with Gasteiger partial charge in [-0.15, -0.1) is 0 Å². The molecule has 0 spiro atoms. The summed E-state index contributed by atoms with van der Waals surface area (Å²) in [7, 11) is 1.47. The maximum atomic E-state index is 13.2. The number of nitrogens with one attached hydrogen (secondary N) is 1. The maximum absolute atomic E-state index is 13.2. The first kappa shape index (κ1) is 21.5. The third-order valence-corrected chi connectivity index (χ3v) is 5.70. The van der Waals surface area contributed by atoms with Gasteiger partial charge in [0.1, 0.15) is 0 Å². The minimum absolute atomic E-state index is 0.0173. The predicted molar refractivity (Wildman–Crippen MR) is 111 cm³/mol. The SMILES string of the molecule is CN(C[C@H](CCc1ccccc1)C(=O)O)C(=O)C1(C(=O)O)Cc2ccccc2CN1. The quantitative estimate of drug-likeness (QED) is 0.574. The van der Waals surface area contributed by atoms with Crippen LogP contribution in [0.2, 0.25) is 0 Å². The molecule has 2 aromatic carbocycles. The number of amides is 1. The standard InChI is InChI=1S/C23H26N2O5/c1-25(15-19(20(26)27)12-11-16-7-3-2-4-8-16)21(28)23(22(29)30)13-17-9-5-6-10-18(17)14-24-23/h2-10,19,24H,11-15H2,1H3,(H,26,27)(H,29,30)/t19-,23?/m0/s1. The minimum atomic E-state index is -1.80. The molecule has 0 bridgehead atoms. The van der Waals surface area contributed by atoms with E-state index in [0.717, 1.165) is 16.7 Å². The first-order valence-corrected chi connectivity index (χ1v) is 9.91. The van der Waals surface area contributed by atoms with Gasteiger partial charge in [-0.05, 0) is 29.5 Å². The van der Waals surface area contributed by atoms with E-state index in [1.807, 2.05) is 54.6 Å². The summed E-state index contributed by atoms with van der Waals surface area (Å²) in [4.78, 5) is 38.3. The summed E-state index contributed by atoms with van der Waals surface area (Å²) >= 11 is 0. The lowest BCUT2D eigenvalue weighted by molar-refractivity contribution is -0.156. The van der Waals surface area contributed by atoms with Crippen molar-refractivity contribution in [1.82, 2.24) is 10.2 Å².